The van der Waals surface area contributed by atoms with Gasteiger partial charge in [-0.15, -0.1) is 0 Å². The zero-order valence-corrected chi connectivity index (χ0v) is 15.9. The van der Waals surface area contributed by atoms with Crippen molar-refractivity contribution in [2.45, 2.75) is 31.7 Å². The molecule has 9 heteroatoms. The van der Waals surface area contributed by atoms with E-state index in [4.69, 9.17) is 0 Å². The first-order chi connectivity index (χ1) is 11.8. The maximum Gasteiger partial charge on any atom is 0.281 e. The van der Waals surface area contributed by atoms with Crippen molar-refractivity contribution >= 4 is 16.1 Å². The number of hydrogen-bond acceptors (Lipinski definition) is 4. The van der Waals surface area contributed by atoms with E-state index in [1.54, 1.807) is 29.3 Å². The molecule has 3 fully saturated rings. The van der Waals surface area contributed by atoms with Gasteiger partial charge in [0.05, 0.1) is 6.20 Å². The molecule has 3 aliphatic rings. The molecule has 8 nitrogen and oxygen atoms in total. The van der Waals surface area contributed by atoms with Crippen LogP contribution in [0.25, 0.3) is 0 Å². The standard InChI is InChI=1S/C16H27N5O3S/c1-18(2)25(23,24)20-10-14-4-6-15(12-20)21(11-14)16(22)7-5-13-8-17-19(3)9-13/h8-9,14-15H,4-7,10-12H2,1-3H3/t14-,15+/m1/s1. The lowest BCUT2D eigenvalue weighted by atomic mass is 9.94. The average Bonchev–Trinajstić information content (AvgIpc) is 2.78. The molecule has 0 unspecified atom stereocenters. The topological polar surface area (TPSA) is 78.8 Å². The first kappa shape index (κ1) is 18.3. The van der Waals surface area contributed by atoms with Crippen LogP contribution in [0.4, 0.5) is 0 Å². The second-order valence-electron chi connectivity index (χ2n) is 7.27. The van der Waals surface area contributed by atoms with Crippen molar-refractivity contribution in [2.24, 2.45) is 13.0 Å². The third-order valence-electron chi connectivity index (χ3n) is 5.17. The summed E-state index contributed by atoms with van der Waals surface area (Å²) in [6.45, 7) is 1.56. The van der Waals surface area contributed by atoms with Crippen LogP contribution < -0.4 is 0 Å². The van der Waals surface area contributed by atoms with Gasteiger partial charge in [-0.3, -0.25) is 9.48 Å². The van der Waals surface area contributed by atoms with Gasteiger partial charge in [0.2, 0.25) is 5.91 Å². The zero-order chi connectivity index (χ0) is 18.2. The molecule has 140 valence electrons. The smallest absolute Gasteiger partial charge is 0.281 e. The predicted octanol–water partition coefficient (Wildman–Crippen LogP) is 0.0819. The molecule has 0 spiro atoms. The van der Waals surface area contributed by atoms with Crippen molar-refractivity contribution in [1.82, 2.24) is 23.3 Å². The van der Waals surface area contributed by atoms with Gasteiger partial charge in [-0.25, -0.2) is 0 Å². The molecule has 0 aromatic carbocycles. The molecule has 1 amide bonds. The third kappa shape index (κ3) is 3.88. The van der Waals surface area contributed by atoms with Crippen LogP contribution in [0.1, 0.15) is 24.8 Å². The molecule has 4 rings (SSSR count). The number of carbonyl (C=O) groups is 1. The molecule has 3 saturated heterocycles. The van der Waals surface area contributed by atoms with Gasteiger partial charge in [0.25, 0.3) is 10.2 Å². The van der Waals surface area contributed by atoms with Gasteiger partial charge in [0.15, 0.2) is 0 Å². The van der Waals surface area contributed by atoms with E-state index in [1.165, 1.54) is 4.31 Å². The molecule has 0 aliphatic carbocycles. The summed E-state index contributed by atoms with van der Waals surface area (Å²) in [5.41, 5.74) is 1.05. The lowest BCUT2D eigenvalue weighted by molar-refractivity contribution is -0.135. The minimum absolute atomic E-state index is 0.0186. The van der Waals surface area contributed by atoms with Gasteiger partial charge in [0, 0.05) is 59.4 Å². The first-order valence-corrected chi connectivity index (χ1v) is 10.1. The fourth-order valence-corrected chi connectivity index (χ4v) is 4.98. The van der Waals surface area contributed by atoms with Crippen molar-refractivity contribution in [2.75, 3.05) is 33.7 Å². The van der Waals surface area contributed by atoms with Gasteiger partial charge in [-0.05, 0) is 30.7 Å². The van der Waals surface area contributed by atoms with Crippen molar-refractivity contribution in [3.05, 3.63) is 18.0 Å². The van der Waals surface area contributed by atoms with Crippen LogP contribution in [-0.4, -0.2) is 77.4 Å². The minimum Gasteiger partial charge on any atom is -0.338 e. The van der Waals surface area contributed by atoms with E-state index in [2.05, 4.69) is 5.10 Å². The maximum absolute atomic E-state index is 12.7. The van der Waals surface area contributed by atoms with E-state index in [0.717, 1.165) is 18.4 Å². The van der Waals surface area contributed by atoms with Gasteiger partial charge in [-0.1, -0.05) is 0 Å². The Bertz CT molecular complexity index is 730. The van der Waals surface area contributed by atoms with E-state index in [1.807, 2.05) is 18.1 Å². The van der Waals surface area contributed by atoms with Gasteiger partial charge < -0.3 is 4.90 Å². The summed E-state index contributed by atoms with van der Waals surface area (Å²) < 4.78 is 29.5. The van der Waals surface area contributed by atoms with Crippen molar-refractivity contribution in [3.8, 4) is 0 Å². The Morgan fingerprint density at radius 1 is 1.28 bits per heavy atom. The molecule has 0 saturated carbocycles. The predicted molar refractivity (Wildman–Crippen MR) is 93.9 cm³/mol. The van der Waals surface area contributed by atoms with Gasteiger partial charge in [-0.2, -0.15) is 22.1 Å². The molecular formula is C16H27N5O3S. The Kier molecular flexibility index (Phi) is 5.17. The summed E-state index contributed by atoms with van der Waals surface area (Å²) in [5, 5.41) is 4.13. The molecule has 1 aromatic heterocycles. The fourth-order valence-electron chi connectivity index (χ4n) is 3.76. The third-order valence-corrected chi connectivity index (χ3v) is 7.05. The SMILES string of the molecule is CN(C)S(=O)(=O)N1C[C@H]2CC[C@@H](C1)N(C(=O)CCc1cnn(C)c1)C2. The number of carbonyl (C=O) groups excluding carboxylic acids is 1. The minimum atomic E-state index is -3.43. The Balaban J connectivity index is 1.67. The average molecular weight is 369 g/mol. The van der Waals surface area contributed by atoms with E-state index in [9.17, 15) is 13.2 Å². The van der Waals surface area contributed by atoms with Crippen LogP contribution in [0.3, 0.4) is 0 Å². The molecule has 1 aromatic rings. The molecule has 0 N–H and O–H groups in total. The normalized spacial score (nSPS) is 24.7. The zero-order valence-electron chi connectivity index (χ0n) is 15.1. The monoisotopic (exact) mass is 369 g/mol. The Hall–Kier alpha value is -1.45. The number of amides is 1. The Morgan fingerprint density at radius 2 is 2.04 bits per heavy atom. The van der Waals surface area contributed by atoms with Crippen LogP contribution in [0.2, 0.25) is 0 Å². The summed E-state index contributed by atoms with van der Waals surface area (Å²) in [6.07, 6.45) is 6.68. The highest BCUT2D eigenvalue weighted by Crippen LogP contribution is 2.30. The van der Waals surface area contributed by atoms with Crippen LogP contribution >= 0.6 is 0 Å². The van der Waals surface area contributed by atoms with E-state index in [-0.39, 0.29) is 17.9 Å². The Labute approximate surface area is 149 Å². The second kappa shape index (κ2) is 7.05. The lowest BCUT2D eigenvalue weighted by Crippen LogP contribution is -2.48. The largest absolute Gasteiger partial charge is 0.338 e. The molecule has 2 atom stereocenters. The van der Waals surface area contributed by atoms with Crippen molar-refractivity contribution in [3.63, 3.8) is 0 Å². The summed E-state index contributed by atoms with van der Waals surface area (Å²) in [7, 11) is 1.54. The Morgan fingerprint density at radius 3 is 2.68 bits per heavy atom. The van der Waals surface area contributed by atoms with Crippen LogP contribution in [0.15, 0.2) is 12.4 Å². The molecule has 2 bridgehead atoms. The highest BCUT2D eigenvalue weighted by Gasteiger charge is 2.41. The van der Waals surface area contributed by atoms with Crippen LogP contribution in [0.5, 0.6) is 0 Å². The maximum atomic E-state index is 12.7. The van der Waals surface area contributed by atoms with E-state index >= 15 is 0 Å². The number of hydrogen-bond donors (Lipinski definition) is 0. The number of rotatable bonds is 5. The van der Waals surface area contributed by atoms with E-state index in [0.29, 0.717) is 32.5 Å². The summed E-state index contributed by atoms with van der Waals surface area (Å²) in [5.74, 6) is 0.332. The lowest BCUT2D eigenvalue weighted by Gasteiger charge is -2.36. The highest BCUT2D eigenvalue weighted by atomic mass is 32.2. The summed E-state index contributed by atoms with van der Waals surface area (Å²) in [6, 6.07) is -0.0186. The highest BCUT2D eigenvalue weighted by molar-refractivity contribution is 7.86. The molecule has 3 aliphatic heterocycles. The van der Waals surface area contributed by atoms with Crippen molar-refractivity contribution in [1.29, 1.82) is 0 Å². The molecule has 4 heterocycles. The number of aryl methyl sites for hydroxylation is 2. The van der Waals surface area contributed by atoms with E-state index < -0.39 is 10.2 Å². The number of piperidine rings is 1. The quantitative estimate of drug-likeness (QED) is 0.736. The summed E-state index contributed by atoms with van der Waals surface area (Å²) >= 11 is 0. The number of aromatic nitrogens is 2. The summed E-state index contributed by atoms with van der Waals surface area (Å²) in [4.78, 5) is 14.6. The number of fused-ring (bicyclic) bond motifs is 4. The van der Waals surface area contributed by atoms with Crippen molar-refractivity contribution < 1.29 is 13.2 Å². The molecule has 0 radical (unpaired) electrons. The second-order valence-corrected chi connectivity index (χ2v) is 9.42. The van der Waals surface area contributed by atoms with Crippen LogP contribution in [0, 0.1) is 5.92 Å². The van der Waals surface area contributed by atoms with Gasteiger partial charge in [0.1, 0.15) is 0 Å². The van der Waals surface area contributed by atoms with Crippen LogP contribution in [-0.2, 0) is 28.5 Å². The number of nitrogens with zero attached hydrogens (tertiary/aromatic N) is 5. The fraction of sp³-hybridized carbons (Fsp3) is 0.750. The first-order valence-electron chi connectivity index (χ1n) is 8.72. The van der Waals surface area contributed by atoms with Gasteiger partial charge >= 0.3 is 0 Å². The molecular weight excluding hydrogens is 342 g/mol. The molecule has 25 heavy (non-hydrogen) atoms.